The van der Waals surface area contributed by atoms with Crippen molar-refractivity contribution in [3.05, 3.63) is 75.1 Å². The fraction of sp³-hybridized carbons (Fsp3) is 0.250. The van der Waals surface area contributed by atoms with E-state index in [0.29, 0.717) is 17.5 Å². The largest absolute Gasteiger partial charge is 0.322 e. The number of benzene rings is 2. The van der Waals surface area contributed by atoms with Crippen LogP contribution in [-0.2, 0) is 16.4 Å². The van der Waals surface area contributed by atoms with Crippen molar-refractivity contribution in [3.63, 3.8) is 0 Å². The van der Waals surface area contributed by atoms with Gasteiger partial charge in [0.1, 0.15) is 0 Å². The molecule has 3 aromatic rings. The number of aromatic amines is 1. The molecule has 0 aliphatic carbocycles. The molecular formula is C20H22N2O3S. The van der Waals surface area contributed by atoms with Crippen LogP contribution in [0.5, 0.6) is 0 Å². The lowest BCUT2D eigenvalue weighted by Gasteiger charge is -2.10. The van der Waals surface area contributed by atoms with Crippen LogP contribution in [0.2, 0.25) is 0 Å². The molecule has 0 radical (unpaired) electrons. The van der Waals surface area contributed by atoms with E-state index in [9.17, 15) is 13.2 Å². The van der Waals surface area contributed by atoms with Crippen LogP contribution in [-0.4, -0.2) is 19.9 Å². The number of nitrogens with one attached hydrogen (secondary N) is 2. The third-order valence-electron chi connectivity index (χ3n) is 4.40. The summed E-state index contributed by atoms with van der Waals surface area (Å²) in [5.41, 5.74) is 3.82. The van der Waals surface area contributed by atoms with Gasteiger partial charge in [-0.05, 0) is 67.5 Å². The van der Waals surface area contributed by atoms with E-state index in [-0.39, 0.29) is 17.0 Å². The van der Waals surface area contributed by atoms with Crippen LogP contribution in [0.25, 0.3) is 10.9 Å². The average molecular weight is 370 g/mol. The molecule has 0 bridgehead atoms. The zero-order valence-corrected chi connectivity index (χ0v) is 15.9. The summed E-state index contributed by atoms with van der Waals surface area (Å²) in [6.07, 6.45) is 0.323. The van der Waals surface area contributed by atoms with E-state index in [1.807, 2.05) is 44.2 Å². The van der Waals surface area contributed by atoms with E-state index in [1.165, 1.54) is 0 Å². The molecule has 1 aromatic heterocycles. The Morgan fingerprint density at radius 2 is 1.65 bits per heavy atom. The second-order valence-corrected chi connectivity index (χ2v) is 8.37. The fourth-order valence-electron chi connectivity index (χ4n) is 2.94. The summed E-state index contributed by atoms with van der Waals surface area (Å²) in [7, 11) is -3.61. The quantitative estimate of drug-likeness (QED) is 0.725. The Bertz CT molecular complexity index is 1130. The minimum absolute atomic E-state index is 0.163. The lowest BCUT2D eigenvalue weighted by molar-refractivity contribution is 0.581. The second kappa shape index (κ2) is 7.05. The van der Waals surface area contributed by atoms with Gasteiger partial charge in [0.05, 0.1) is 4.90 Å². The van der Waals surface area contributed by atoms with Crippen LogP contribution in [0.1, 0.15) is 22.3 Å². The molecule has 26 heavy (non-hydrogen) atoms. The maximum Gasteiger partial charge on any atom is 0.251 e. The first-order valence-corrected chi connectivity index (χ1v) is 9.94. The third-order valence-corrected chi connectivity index (χ3v) is 6.00. The number of pyridine rings is 1. The normalized spacial score (nSPS) is 11.8. The Labute approximate surface area is 153 Å². The smallest absolute Gasteiger partial charge is 0.251 e. The van der Waals surface area contributed by atoms with Crippen LogP contribution < -0.4 is 10.3 Å². The predicted octanol–water partition coefficient (Wildman–Crippen LogP) is 2.97. The molecule has 0 spiro atoms. The zero-order valence-electron chi connectivity index (χ0n) is 15.1. The molecule has 0 saturated heterocycles. The summed E-state index contributed by atoms with van der Waals surface area (Å²) >= 11 is 0. The van der Waals surface area contributed by atoms with Crippen LogP contribution >= 0.6 is 0 Å². The monoisotopic (exact) mass is 370 g/mol. The van der Waals surface area contributed by atoms with Gasteiger partial charge >= 0.3 is 0 Å². The van der Waals surface area contributed by atoms with Crippen molar-refractivity contribution >= 4 is 20.9 Å². The molecule has 5 nitrogen and oxygen atoms in total. The minimum atomic E-state index is -3.61. The van der Waals surface area contributed by atoms with Crippen LogP contribution in [0, 0.1) is 20.8 Å². The van der Waals surface area contributed by atoms with E-state index >= 15 is 0 Å². The molecule has 0 saturated carbocycles. The zero-order chi connectivity index (χ0) is 18.9. The Hall–Kier alpha value is -2.44. The number of rotatable bonds is 5. The summed E-state index contributed by atoms with van der Waals surface area (Å²) in [4.78, 5) is 15.4. The molecule has 1 heterocycles. The van der Waals surface area contributed by atoms with E-state index in [0.717, 1.165) is 22.0 Å². The summed E-state index contributed by atoms with van der Waals surface area (Å²) < 4.78 is 27.7. The Kier molecular flexibility index (Phi) is 4.98. The van der Waals surface area contributed by atoms with Gasteiger partial charge < -0.3 is 4.98 Å². The van der Waals surface area contributed by atoms with Crippen molar-refractivity contribution in [2.75, 3.05) is 6.54 Å². The molecule has 3 rings (SSSR count). The molecule has 0 amide bonds. The van der Waals surface area contributed by atoms with Gasteiger partial charge in [-0.1, -0.05) is 24.3 Å². The summed E-state index contributed by atoms with van der Waals surface area (Å²) in [5, 5.41) is 0.933. The molecule has 2 aromatic carbocycles. The predicted molar refractivity (Wildman–Crippen MR) is 104 cm³/mol. The highest BCUT2D eigenvalue weighted by atomic mass is 32.2. The lowest BCUT2D eigenvalue weighted by Crippen LogP contribution is -2.28. The molecule has 0 aliphatic heterocycles. The van der Waals surface area contributed by atoms with Gasteiger partial charge in [0.15, 0.2) is 0 Å². The van der Waals surface area contributed by atoms with Gasteiger partial charge in [-0.15, -0.1) is 0 Å². The SMILES string of the molecule is Cc1ccc(C)c(S(=O)(=O)NCCc2cc3ccc(C)cc3[nH]c2=O)c1. The van der Waals surface area contributed by atoms with Crippen molar-refractivity contribution in [1.82, 2.24) is 9.71 Å². The fourth-order valence-corrected chi connectivity index (χ4v) is 4.30. The Balaban J connectivity index is 1.78. The maximum absolute atomic E-state index is 12.5. The highest BCUT2D eigenvalue weighted by Crippen LogP contribution is 2.17. The molecule has 0 fully saturated rings. The van der Waals surface area contributed by atoms with Crippen molar-refractivity contribution in [2.24, 2.45) is 0 Å². The maximum atomic E-state index is 12.5. The van der Waals surface area contributed by atoms with E-state index in [1.54, 1.807) is 19.1 Å². The van der Waals surface area contributed by atoms with Crippen molar-refractivity contribution in [1.29, 1.82) is 0 Å². The van der Waals surface area contributed by atoms with Crippen LogP contribution in [0.15, 0.2) is 52.2 Å². The number of aromatic nitrogens is 1. The third kappa shape index (κ3) is 3.86. The Morgan fingerprint density at radius 1 is 0.962 bits per heavy atom. The highest BCUT2D eigenvalue weighted by molar-refractivity contribution is 7.89. The molecule has 0 aliphatic rings. The molecule has 6 heteroatoms. The highest BCUT2D eigenvalue weighted by Gasteiger charge is 2.16. The summed E-state index contributed by atoms with van der Waals surface area (Å²) in [6, 6.07) is 13.0. The summed E-state index contributed by atoms with van der Waals surface area (Å²) in [5.74, 6) is 0. The van der Waals surface area contributed by atoms with Crippen molar-refractivity contribution in [3.8, 4) is 0 Å². The first-order chi connectivity index (χ1) is 12.3. The number of H-pyrrole nitrogens is 1. The summed E-state index contributed by atoms with van der Waals surface area (Å²) in [6.45, 7) is 5.75. The number of hydrogen-bond acceptors (Lipinski definition) is 3. The molecular weight excluding hydrogens is 348 g/mol. The number of hydrogen-bond donors (Lipinski definition) is 2. The van der Waals surface area contributed by atoms with Gasteiger partial charge in [0.25, 0.3) is 5.56 Å². The van der Waals surface area contributed by atoms with E-state index in [2.05, 4.69) is 9.71 Å². The van der Waals surface area contributed by atoms with Gasteiger partial charge in [0.2, 0.25) is 10.0 Å². The van der Waals surface area contributed by atoms with Crippen LogP contribution in [0.3, 0.4) is 0 Å². The average Bonchev–Trinajstić information content (AvgIpc) is 2.57. The topological polar surface area (TPSA) is 79.0 Å². The second-order valence-electron chi connectivity index (χ2n) is 6.63. The molecule has 2 N–H and O–H groups in total. The number of sulfonamides is 1. The van der Waals surface area contributed by atoms with Crippen LogP contribution in [0.4, 0.5) is 0 Å². The van der Waals surface area contributed by atoms with Gasteiger partial charge in [-0.25, -0.2) is 13.1 Å². The van der Waals surface area contributed by atoms with Gasteiger partial charge in [-0.3, -0.25) is 4.79 Å². The van der Waals surface area contributed by atoms with Crippen molar-refractivity contribution in [2.45, 2.75) is 32.1 Å². The van der Waals surface area contributed by atoms with E-state index in [4.69, 9.17) is 0 Å². The first kappa shape index (κ1) is 18.4. The molecule has 136 valence electrons. The van der Waals surface area contributed by atoms with Crippen molar-refractivity contribution < 1.29 is 8.42 Å². The number of fused-ring (bicyclic) bond motifs is 1. The first-order valence-electron chi connectivity index (χ1n) is 8.46. The molecule has 0 atom stereocenters. The Morgan fingerprint density at radius 3 is 2.42 bits per heavy atom. The molecule has 0 unspecified atom stereocenters. The van der Waals surface area contributed by atoms with Gasteiger partial charge in [0, 0.05) is 17.6 Å². The van der Waals surface area contributed by atoms with E-state index < -0.39 is 10.0 Å². The number of aryl methyl sites for hydroxylation is 3. The minimum Gasteiger partial charge on any atom is -0.322 e. The lowest BCUT2D eigenvalue weighted by atomic mass is 10.1. The van der Waals surface area contributed by atoms with Gasteiger partial charge in [-0.2, -0.15) is 0 Å². The standard InChI is InChI=1S/C20H22N2O3S/c1-13-5-7-16-12-17(20(23)22-18(16)10-13)8-9-21-26(24,25)19-11-14(2)4-6-15(19)3/h4-7,10-12,21H,8-9H2,1-3H3,(H,22,23).